The first kappa shape index (κ1) is 13.1. The van der Waals surface area contributed by atoms with Gasteiger partial charge >= 0.3 is 0 Å². The molecule has 4 nitrogen and oxygen atoms in total. The Morgan fingerprint density at radius 3 is 2.90 bits per heavy atom. The smallest absolute Gasteiger partial charge is 0.226 e. The van der Waals surface area contributed by atoms with E-state index >= 15 is 0 Å². The van der Waals surface area contributed by atoms with Crippen LogP contribution in [0.25, 0.3) is 0 Å². The molecule has 5 heteroatoms. The summed E-state index contributed by atoms with van der Waals surface area (Å²) in [5, 5.41) is 5.78. The Morgan fingerprint density at radius 2 is 2.15 bits per heavy atom. The zero-order chi connectivity index (χ0) is 13.8. The van der Waals surface area contributed by atoms with Crippen LogP contribution in [0.3, 0.4) is 0 Å². The standard InChI is InChI=1S/C15H16N2O2S/c18-14(16-11-6-7-11)8-12-10-20-15(17-12)9-19-13-4-2-1-3-5-13/h1-5,10-11H,6-9H2,(H,16,18). The fourth-order valence-electron chi connectivity index (χ4n) is 1.83. The summed E-state index contributed by atoms with van der Waals surface area (Å²) in [6.45, 7) is 0.443. The summed E-state index contributed by atoms with van der Waals surface area (Å²) in [6, 6.07) is 10.1. The lowest BCUT2D eigenvalue weighted by molar-refractivity contribution is -0.120. The predicted molar refractivity (Wildman–Crippen MR) is 77.8 cm³/mol. The van der Waals surface area contributed by atoms with Crippen LogP contribution < -0.4 is 10.1 Å². The van der Waals surface area contributed by atoms with Gasteiger partial charge in [-0.2, -0.15) is 0 Å². The lowest BCUT2D eigenvalue weighted by atomic mass is 10.3. The third-order valence-corrected chi connectivity index (χ3v) is 3.86. The molecule has 0 aliphatic heterocycles. The molecule has 3 rings (SSSR count). The topological polar surface area (TPSA) is 51.2 Å². The maximum atomic E-state index is 11.7. The zero-order valence-electron chi connectivity index (χ0n) is 11.0. The van der Waals surface area contributed by atoms with Gasteiger partial charge in [0, 0.05) is 11.4 Å². The van der Waals surface area contributed by atoms with Gasteiger partial charge in [0.1, 0.15) is 17.4 Å². The van der Waals surface area contributed by atoms with Gasteiger partial charge in [-0.3, -0.25) is 4.79 Å². The second-order valence-electron chi connectivity index (χ2n) is 4.85. The summed E-state index contributed by atoms with van der Waals surface area (Å²) in [4.78, 5) is 16.1. The summed E-state index contributed by atoms with van der Waals surface area (Å²) < 4.78 is 5.63. The van der Waals surface area contributed by atoms with E-state index in [1.165, 1.54) is 11.3 Å². The van der Waals surface area contributed by atoms with Crippen molar-refractivity contribution in [3.8, 4) is 5.75 Å². The van der Waals surface area contributed by atoms with E-state index in [0.29, 0.717) is 19.1 Å². The maximum Gasteiger partial charge on any atom is 0.226 e. The number of carbonyl (C=O) groups excluding carboxylic acids is 1. The van der Waals surface area contributed by atoms with Gasteiger partial charge in [-0.25, -0.2) is 4.98 Å². The molecular formula is C15H16N2O2S. The molecule has 1 saturated carbocycles. The molecule has 1 fully saturated rings. The van der Waals surface area contributed by atoms with Crippen LogP contribution >= 0.6 is 11.3 Å². The van der Waals surface area contributed by atoms with Gasteiger partial charge in [0.05, 0.1) is 12.1 Å². The van der Waals surface area contributed by atoms with Crippen LogP contribution in [0, 0.1) is 0 Å². The van der Waals surface area contributed by atoms with Crippen molar-refractivity contribution < 1.29 is 9.53 Å². The number of amides is 1. The van der Waals surface area contributed by atoms with Gasteiger partial charge in [-0.1, -0.05) is 18.2 Å². The lowest BCUT2D eigenvalue weighted by Gasteiger charge is -2.02. The highest BCUT2D eigenvalue weighted by Gasteiger charge is 2.23. The minimum Gasteiger partial charge on any atom is -0.486 e. The van der Waals surface area contributed by atoms with Gasteiger partial charge in [0.15, 0.2) is 0 Å². The van der Waals surface area contributed by atoms with E-state index in [-0.39, 0.29) is 5.91 Å². The third-order valence-electron chi connectivity index (χ3n) is 2.99. The van der Waals surface area contributed by atoms with E-state index in [1.54, 1.807) is 0 Å². The molecule has 1 heterocycles. The number of hydrogen-bond acceptors (Lipinski definition) is 4. The second kappa shape index (κ2) is 6.05. The van der Waals surface area contributed by atoms with Crippen LogP contribution in [0.4, 0.5) is 0 Å². The number of nitrogens with one attached hydrogen (secondary N) is 1. The van der Waals surface area contributed by atoms with Gasteiger partial charge < -0.3 is 10.1 Å². The number of para-hydroxylation sites is 1. The number of nitrogens with zero attached hydrogens (tertiary/aromatic N) is 1. The second-order valence-corrected chi connectivity index (χ2v) is 5.80. The summed E-state index contributed by atoms with van der Waals surface area (Å²) in [7, 11) is 0. The number of carbonyl (C=O) groups is 1. The Morgan fingerprint density at radius 1 is 1.35 bits per heavy atom. The molecule has 0 atom stereocenters. The van der Waals surface area contributed by atoms with E-state index in [4.69, 9.17) is 4.74 Å². The molecule has 1 aromatic carbocycles. The minimum absolute atomic E-state index is 0.0633. The molecule has 1 aliphatic carbocycles. The SMILES string of the molecule is O=C(Cc1csc(COc2ccccc2)n1)NC1CC1. The fourth-order valence-corrected chi connectivity index (χ4v) is 2.53. The summed E-state index contributed by atoms with van der Waals surface area (Å²) in [6.07, 6.45) is 2.58. The van der Waals surface area contributed by atoms with E-state index < -0.39 is 0 Å². The van der Waals surface area contributed by atoms with Crippen LogP contribution in [0.1, 0.15) is 23.5 Å². The first-order chi connectivity index (χ1) is 9.79. The van der Waals surface area contributed by atoms with E-state index in [9.17, 15) is 4.79 Å². The van der Waals surface area contributed by atoms with Crippen LogP contribution in [0.5, 0.6) is 5.75 Å². The molecule has 0 bridgehead atoms. The highest BCUT2D eigenvalue weighted by molar-refractivity contribution is 7.09. The monoisotopic (exact) mass is 288 g/mol. The first-order valence-electron chi connectivity index (χ1n) is 6.70. The third kappa shape index (κ3) is 3.81. The van der Waals surface area contributed by atoms with Gasteiger partial charge in [0.25, 0.3) is 0 Å². The number of benzene rings is 1. The quantitative estimate of drug-likeness (QED) is 0.888. The largest absolute Gasteiger partial charge is 0.486 e. The fraction of sp³-hybridized carbons (Fsp3) is 0.333. The number of ether oxygens (including phenoxy) is 1. The molecule has 1 aliphatic rings. The summed E-state index contributed by atoms with van der Waals surface area (Å²) in [5.74, 6) is 0.893. The number of thiazole rings is 1. The molecule has 2 aromatic rings. The van der Waals surface area contributed by atoms with Crippen molar-refractivity contribution in [1.29, 1.82) is 0 Å². The Balaban J connectivity index is 1.49. The average Bonchev–Trinajstić information content (AvgIpc) is 3.15. The number of hydrogen-bond donors (Lipinski definition) is 1. The van der Waals surface area contributed by atoms with Crippen molar-refractivity contribution >= 4 is 17.2 Å². The van der Waals surface area contributed by atoms with Crippen molar-refractivity contribution in [3.05, 3.63) is 46.4 Å². The van der Waals surface area contributed by atoms with Crippen molar-refractivity contribution in [2.45, 2.75) is 31.9 Å². The van der Waals surface area contributed by atoms with E-state index in [2.05, 4.69) is 10.3 Å². The van der Waals surface area contributed by atoms with Crippen molar-refractivity contribution in [2.75, 3.05) is 0 Å². The van der Waals surface area contributed by atoms with Crippen LogP contribution in [-0.4, -0.2) is 16.9 Å². The molecule has 1 N–H and O–H groups in total. The molecular weight excluding hydrogens is 272 g/mol. The van der Waals surface area contributed by atoms with Crippen molar-refractivity contribution in [2.24, 2.45) is 0 Å². The lowest BCUT2D eigenvalue weighted by Crippen LogP contribution is -2.27. The summed E-state index contributed by atoms with van der Waals surface area (Å²) >= 11 is 1.53. The van der Waals surface area contributed by atoms with E-state index in [1.807, 2.05) is 35.7 Å². The van der Waals surface area contributed by atoms with Gasteiger partial charge in [0.2, 0.25) is 5.91 Å². The molecule has 0 spiro atoms. The summed E-state index contributed by atoms with van der Waals surface area (Å²) in [5.41, 5.74) is 0.819. The molecule has 20 heavy (non-hydrogen) atoms. The zero-order valence-corrected chi connectivity index (χ0v) is 11.9. The highest BCUT2D eigenvalue weighted by atomic mass is 32.1. The molecule has 0 saturated heterocycles. The Bertz CT molecular complexity index is 579. The molecule has 104 valence electrons. The number of aromatic nitrogens is 1. The first-order valence-corrected chi connectivity index (χ1v) is 7.58. The average molecular weight is 288 g/mol. The Kier molecular flexibility index (Phi) is 3.97. The molecule has 1 amide bonds. The van der Waals surface area contributed by atoms with Crippen LogP contribution in [0.2, 0.25) is 0 Å². The Hall–Kier alpha value is -1.88. The van der Waals surface area contributed by atoms with Crippen molar-refractivity contribution in [1.82, 2.24) is 10.3 Å². The van der Waals surface area contributed by atoms with Crippen LogP contribution in [-0.2, 0) is 17.8 Å². The van der Waals surface area contributed by atoms with Gasteiger partial charge in [-0.05, 0) is 25.0 Å². The molecule has 0 radical (unpaired) electrons. The molecule has 1 aromatic heterocycles. The van der Waals surface area contributed by atoms with Crippen molar-refractivity contribution in [3.63, 3.8) is 0 Å². The van der Waals surface area contributed by atoms with E-state index in [0.717, 1.165) is 29.3 Å². The number of rotatable bonds is 6. The molecule has 0 unspecified atom stereocenters. The maximum absolute atomic E-state index is 11.7. The van der Waals surface area contributed by atoms with Crippen LogP contribution in [0.15, 0.2) is 35.7 Å². The van der Waals surface area contributed by atoms with Gasteiger partial charge in [-0.15, -0.1) is 11.3 Å². The minimum atomic E-state index is 0.0633. The normalized spacial score (nSPS) is 14.0. The Labute approximate surface area is 121 Å². The highest BCUT2D eigenvalue weighted by Crippen LogP contribution is 2.19. The predicted octanol–water partition coefficient (Wildman–Crippen LogP) is 2.54.